The van der Waals surface area contributed by atoms with E-state index in [4.69, 9.17) is 9.47 Å². The molecule has 5 rings (SSSR count). The van der Waals surface area contributed by atoms with E-state index in [2.05, 4.69) is 29.5 Å². The lowest BCUT2D eigenvalue weighted by molar-refractivity contribution is -0.127. The standard InChI is InChI=1S/C30H33N5O4/c1-20(2)14-15-31-30(37)29(22-10-8-21(3)9-11-22)35(23-12-13-26-27(18-23)39-17-16-38-26)28(36)19-34-25-7-5-4-6-24(25)32-33-34/h4-13,18,20,29H,14-17,19H2,1-3H3,(H,31,37). The molecule has 202 valence electrons. The number of aryl methyl sites for hydroxylation is 1. The van der Waals surface area contributed by atoms with Gasteiger partial charge in [-0.05, 0) is 49.1 Å². The number of fused-ring (bicyclic) bond motifs is 2. The van der Waals surface area contributed by atoms with Gasteiger partial charge in [-0.2, -0.15) is 0 Å². The summed E-state index contributed by atoms with van der Waals surface area (Å²) in [5.41, 5.74) is 3.72. The fourth-order valence-electron chi connectivity index (χ4n) is 4.60. The predicted octanol–water partition coefficient (Wildman–Crippen LogP) is 4.45. The van der Waals surface area contributed by atoms with Gasteiger partial charge in [-0.3, -0.25) is 14.5 Å². The summed E-state index contributed by atoms with van der Waals surface area (Å²) in [6.45, 7) is 7.48. The van der Waals surface area contributed by atoms with Crippen LogP contribution in [-0.2, 0) is 16.1 Å². The minimum atomic E-state index is -0.914. The highest BCUT2D eigenvalue weighted by molar-refractivity contribution is 6.01. The second-order valence-electron chi connectivity index (χ2n) is 10.1. The maximum Gasteiger partial charge on any atom is 0.249 e. The highest BCUT2D eigenvalue weighted by atomic mass is 16.6. The van der Waals surface area contributed by atoms with Crippen LogP contribution in [0.15, 0.2) is 66.7 Å². The number of amides is 2. The van der Waals surface area contributed by atoms with Crippen molar-refractivity contribution in [3.05, 3.63) is 77.9 Å². The number of para-hydroxylation sites is 1. The number of nitrogens with zero attached hydrogens (tertiary/aromatic N) is 4. The molecule has 2 amide bonds. The van der Waals surface area contributed by atoms with E-state index in [1.165, 1.54) is 4.90 Å². The molecular weight excluding hydrogens is 494 g/mol. The van der Waals surface area contributed by atoms with Crippen LogP contribution in [0.2, 0.25) is 0 Å². The third kappa shape index (κ3) is 5.87. The monoisotopic (exact) mass is 527 g/mol. The van der Waals surface area contributed by atoms with Crippen LogP contribution in [0.4, 0.5) is 5.69 Å². The maximum absolute atomic E-state index is 14.2. The average Bonchev–Trinajstić information content (AvgIpc) is 3.34. The molecule has 0 spiro atoms. The number of hydrogen-bond donors (Lipinski definition) is 1. The van der Waals surface area contributed by atoms with Crippen molar-refractivity contribution in [1.29, 1.82) is 0 Å². The molecule has 4 aromatic rings. The molecule has 3 aromatic carbocycles. The molecule has 1 unspecified atom stereocenters. The van der Waals surface area contributed by atoms with Gasteiger partial charge in [-0.1, -0.05) is 61.0 Å². The molecule has 1 aromatic heterocycles. The maximum atomic E-state index is 14.2. The van der Waals surface area contributed by atoms with E-state index in [1.54, 1.807) is 22.9 Å². The first-order valence-corrected chi connectivity index (χ1v) is 13.2. The van der Waals surface area contributed by atoms with Gasteiger partial charge in [0, 0.05) is 18.3 Å². The molecule has 9 heteroatoms. The minimum absolute atomic E-state index is 0.101. The van der Waals surface area contributed by atoms with Gasteiger partial charge in [0.2, 0.25) is 11.8 Å². The van der Waals surface area contributed by atoms with Crippen molar-refractivity contribution in [2.45, 2.75) is 39.8 Å². The number of rotatable bonds is 9. The quantitative estimate of drug-likeness (QED) is 0.345. The number of ether oxygens (including phenoxy) is 2. The van der Waals surface area contributed by atoms with Crippen molar-refractivity contribution in [2.24, 2.45) is 5.92 Å². The largest absolute Gasteiger partial charge is 0.486 e. The average molecular weight is 528 g/mol. The number of aromatic nitrogens is 3. The Kier molecular flexibility index (Phi) is 7.76. The van der Waals surface area contributed by atoms with Crippen molar-refractivity contribution >= 4 is 28.5 Å². The smallest absolute Gasteiger partial charge is 0.249 e. The molecule has 2 heterocycles. The molecule has 1 atom stereocenters. The molecule has 0 aliphatic carbocycles. The number of benzene rings is 3. The summed E-state index contributed by atoms with van der Waals surface area (Å²) < 4.78 is 13.1. The van der Waals surface area contributed by atoms with E-state index in [9.17, 15) is 9.59 Å². The van der Waals surface area contributed by atoms with Gasteiger partial charge >= 0.3 is 0 Å². The first-order chi connectivity index (χ1) is 18.9. The van der Waals surface area contributed by atoms with E-state index in [0.717, 1.165) is 17.5 Å². The molecule has 0 radical (unpaired) electrons. The van der Waals surface area contributed by atoms with Crippen LogP contribution < -0.4 is 19.7 Å². The van der Waals surface area contributed by atoms with Crippen molar-refractivity contribution in [3.63, 3.8) is 0 Å². The number of carbonyl (C=O) groups is 2. The van der Waals surface area contributed by atoms with E-state index >= 15 is 0 Å². The molecule has 0 bridgehead atoms. The second-order valence-corrected chi connectivity index (χ2v) is 10.1. The Morgan fingerprint density at radius 2 is 1.74 bits per heavy atom. The van der Waals surface area contributed by atoms with Gasteiger partial charge in [0.1, 0.15) is 31.3 Å². The predicted molar refractivity (Wildman–Crippen MR) is 149 cm³/mol. The molecule has 39 heavy (non-hydrogen) atoms. The van der Waals surface area contributed by atoms with Crippen LogP contribution in [-0.4, -0.2) is 46.6 Å². The van der Waals surface area contributed by atoms with Gasteiger partial charge in [0.05, 0.1) is 5.52 Å². The van der Waals surface area contributed by atoms with Crippen molar-refractivity contribution in [3.8, 4) is 11.5 Å². The lowest BCUT2D eigenvalue weighted by Gasteiger charge is -2.32. The van der Waals surface area contributed by atoms with Crippen molar-refractivity contribution < 1.29 is 19.1 Å². The summed E-state index contributed by atoms with van der Waals surface area (Å²) in [7, 11) is 0. The highest BCUT2D eigenvalue weighted by Crippen LogP contribution is 2.37. The summed E-state index contributed by atoms with van der Waals surface area (Å²) in [4.78, 5) is 29.5. The molecular formula is C30H33N5O4. The van der Waals surface area contributed by atoms with E-state index in [0.29, 0.717) is 53.9 Å². The lowest BCUT2D eigenvalue weighted by Crippen LogP contribution is -2.45. The summed E-state index contributed by atoms with van der Waals surface area (Å²) in [5, 5.41) is 11.5. The Labute approximate surface area is 227 Å². The summed E-state index contributed by atoms with van der Waals surface area (Å²) in [6, 6.07) is 19.6. The molecule has 1 aliphatic heterocycles. The Hall–Kier alpha value is -4.40. The number of hydrogen-bond acceptors (Lipinski definition) is 6. The zero-order valence-electron chi connectivity index (χ0n) is 22.5. The molecule has 1 aliphatic rings. The highest BCUT2D eigenvalue weighted by Gasteiger charge is 2.34. The van der Waals surface area contributed by atoms with Crippen LogP contribution in [0.25, 0.3) is 11.0 Å². The lowest BCUT2D eigenvalue weighted by atomic mass is 10.0. The fourth-order valence-corrected chi connectivity index (χ4v) is 4.60. The van der Waals surface area contributed by atoms with E-state index in [1.807, 2.05) is 55.5 Å². The van der Waals surface area contributed by atoms with Crippen molar-refractivity contribution in [1.82, 2.24) is 20.3 Å². The Balaban J connectivity index is 1.57. The topological polar surface area (TPSA) is 98.6 Å². The summed E-state index contributed by atoms with van der Waals surface area (Å²) >= 11 is 0. The van der Waals surface area contributed by atoms with Gasteiger partial charge in [-0.15, -0.1) is 5.10 Å². The SMILES string of the molecule is Cc1ccc(C(C(=O)NCCC(C)C)N(C(=O)Cn2nnc3ccccc32)c2ccc3c(c2)OCCO3)cc1. The van der Waals surface area contributed by atoms with E-state index < -0.39 is 6.04 Å². The van der Waals surface area contributed by atoms with Crippen LogP contribution in [0.5, 0.6) is 11.5 Å². The molecule has 0 saturated heterocycles. The van der Waals surface area contributed by atoms with Crippen LogP contribution in [0.1, 0.15) is 37.4 Å². The first kappa shape index (κ1) is 26.2. The minimum Gasteiger partial charge on any atom is -0.486 e. The van der Waals surface area contributed by atoms with Gasteiger partial charge in [-0.25, -0.2) is 4.68 Å². The van der Waals surface area contributed by atoms with Gasteiger partial charge < -0.3 is 14.8 Å². The third-order valence-corrected chi connectivity index (χ3v) is 6.70. The summed E-state index contributed by atoms with van der Waals surface area (Å²) in [5.74, 6) is 0.996. The molecule has 9 nitrogen and oxygen atoms in total. The molecule has 1 N–H and O–H groups in total. The zero-order chi connectivity index (χ0) is 27.4. The normalized spacial score (nSPS) is 13.3. The van der Waals surface area contributed by atoms with Gasteiger partial charge in [0.25, 0.3) is 0 Å². The Bertz CT molecular complexity index is 1460. The van der Waals surface area contributed by atoms with Crippen LogP contribution in [0.3, 0.4) is 0 Å². The van der Waals surface area contributed by atoms with Gasteiger partial charge in [0.15, 0.2) is 11.5 Å². The third-order valence-electron chi connectivity index (χ3n) is 6.70. The first-order valence-electron chi connectivity index (χ1n) is 13.2. The van der Waals surface area contributed by atoms with E-state index in [-0.39, 0.29) is 18.4 Å². The number of carbonyl (C=O) groups excluding carboxylic acids is 2. The molecule has 0 fully saturated rings. The van der Waals surface area contributed by atoms with Crippen LogP contribution in [0, 0.1) is 12.8 Å². The Morgan fingerprint density at radius 1 is 1.00 bits per heavy atom. The van der Waals surface area contributed by atoms with Crippen LogP contribution >= 0.6 is 0 Å². The number of anilines is 1. The second kappa shape index (κ2) is 11.6. The fraction of sp³-hybridized carbons (Fsp3) is 0.333. The Morgan fingerprint density at radius 3 is 2.51 bits per heavy atom. The zero-order valence-corrected chi connectivity index (χ0v) is 22.5. The number of nitrogens with one attached hydrogen (secondary N) is 1. The summed E-state index contributed by atoms with van der Waals surface area (Å²) in [6.07, 6.45) is 0.829. The van der Waals surface area contributed by atoms with Crippen molar-refractivity contribution in [2.75, 3.05) is 24.7 Å². The molecule has 0 saturated carbocycles.